The first-order valence-corrected chi connectivity index (χ1v) is 10.1. The molecule has 0 radical (unpaired) electrons. The highest BCUT2D eigenvalue weighted by Crippen LogP contribution is 2.20. The van der Waals surface area contributed by atoms with Crippen molar-refractivity contribution in [1.82, 2.24) is 5.16 Å². The van der Waals surface area contributed by atoms with Crippen molar-refractivity contribution in [1.29, 1.82) is 0 Å². The van der Waals surface area contributed by atoms with Crippen molar-refractivity contribution >= 4 is 11.6 Å². The molecule has 152 valence electrons. The van der Waals surface area contributed by atoms with Gasteiger partial charge in [0, 0.05) is 11.8 Å². The van der Waals surface area contributed by atoms with Crippen LogP contribution in [0.2, 0.25) is 0 Å². The van der Waals surface area contributed by atoms with Gasteiger partial charge in [-0.1, -0.05) is 17.3 Å². The number of aromatic nitrogens is 1. The summed E-state index contributed by atoms with van der Waals surface area (Å²) >= 11 is 0. The van der Waals surface area contributed by atoms with Crippen LogP contribution in [0.4, 0.5) is 5.69 Å². The van der Waals surface area contributed by atoms with E-state index in [0.29, 0.717) is 18.1 Å². The number of carbonyl (C=O) groups is 1. The molecular formula is C22H28N4O3+2. The van der Waals surface area contributed by atoms with Gasteiger partial charge in [-0.25, -0.2) is 0 Å². The summed E-state index contributed by atoms with van der Waals surface area (Å²) < 4.78 is 10.7. The molecule has 7 heteroatoms. The minimum Gasteiger partial charge on any atom is -0.461 e. The number of benzene rings is 1. The Balaban J connectivity index is 1.24. The number of furan rings is 1. The van der Waals surface area contributed by atoms with Crippen LogP contribution in [0.25, 0.3) is 11.5 Å². The van der Waals surface area contributed by atoms with Crippen molar-refractivity contribution in [3.63, 3.8) is 0 Å². The van der Waals surface area contributed by atoms with Crippen LogP contribution >= 0.6 is 0 Å². The van der Waals surface area contributed by atoms with Gasteiger partial charge in [-0.3, -0.25) is 4.79 Å². The number of nitrogens with zero attached hydrogens (tertiary/aromatic N) is 1. The summed E-state index contributed by atoms with van der Waals surface area (Å²) in [5.74, 6) is 1.44. The molecule has 2 aromatic heterocycles. The molecule has 3 aromatic rings. The first kappa shape index (κ1) is 19.4. The third-order valence-corrected chi connectivity index (χ3v) is 5.71. The molecule has 0 saturated carbocycles. The van der Waals surface area contributed by atoms with Gasteiger partial charge in [0.25, 0.3) is 5.91 Å². The molecule has 1 fully saturated rings. The number of quaternary nitrogens is 2. The molecule has 7 nitrogen and oxygen atoms in total. The minimum atomic E-state index is 0.0803. The van der Waals surface area contributed by atoms with E-state index in [4.69, 9.17) is 8.94 Å². The average molecular weight is 396 g/mol. The lowest BCUT2D eigenvalue weighted by Gasteiger charge is -2.28. The van der Waals surface area contributed by atoms with Gasteiger partial charge in [-0.2, -0.15) is 0 Å². The minimum absolute atomic E-state index is 0.0803. The zero-order chi connectivity index (χ0) is 20.2. The van der Waals surface area contributed by atoms with E-state index in [2.05, 4.69) is 23.5 Å². The zero-order valence-electron chi connectivity index (χ0n) is 17.0. The molecule has 0 unspecified atom stereocenters. The lowest BCUT2D eigenvalue weighted by Crippen LogP contribution is -3.28. The van der Waals surface area contributed by atoms with Gasteiger partial charge < -0.3 is 24.1 Å². The summed E-state index contributed by atoms with van der Waals surface area (Å²) in [5.41, 5.74) is 4.17. The van der Waals surface area contributed by atoms with E-state index in [1.807, 2.05) is 37.3 Å². The van der Waals surface area contributed by atoms with E-state index in [1.54, 1.807) is 6.26 Å². The van der Waals surface area contributed by atoms with Crippen LogP contribution < -0.4 is 15.1 Å². The van der Waals surface area contributed by atoms with Gasteiger partial charge in [0.1, 0.15) is 38.4 Å². The number of amides is 1. The first-order chi connectivity index (χ1) is 14.1. The maximum Gasteiger partial charge on any atom is 0.279 e. The Morgan fingerprint density at radius 2 is 1.86 bits per heavy atom. The third kappa shape index (κ3) is 4.75. The Hall–Kier alpha value is -2.90. The number of piperazine rings is 1. The number of aryl methyl sites for hydroxylation is 1. The van der Waals surface area contributed by atoms with Crippen LogP contribution in [-0.4, -0.2) is 43.8 Å². The topological polar surface area (TPSA) is 77.1 Å². The van der Waals surface area contributed by atoms with Crippen molar-refractivity contribution in [3.8, 4) is 11.5 Å². The largest absolute Gasteiger partial charge is 0.461 e. The lowest BCUT2D eigenvalue weighted by molar-refractivity contribution is -1.02. The highest BCUT2D eigenvalue weighted by molar-refractivity contribution is 5.92. The Morgan fingerprint density at radius 3 is 2.62 bits per heavy atom. The Labute approximate surface area is 170 Å². The van der Waals surface area contributed by atoms with E-state index < -0.39 is 0 Å². The molecule has 1 amide bonds. The fraction of sp³-hybridized carbons (Fsp3) is 0.364. The summed E-state index contributed by atoms with van der Waals surface area (Å²) in [7, 11) is 0. The third-order valence-electron chi connectivity index (χ3n) is 5.71. The monoisotopic (exact) mass is 396 g/mol. The fourth-order valence-corrected chi connectivity index (χ4v) is 3.80. The maximum absolute atomic E-state index is 12.5. The Kier molecular flexibility index (Phi) is 5.78. The van der Waals surface area contributed by atoms with E-state index >= 15 is 0 Å². The van der Waals surface area contributed by atoms with Crippen LogP contribution in [0.3, 0.4) is 0 Å². The van der Waals surface area contributed by atoms with Gasteiger partial charge in [0.15, 0.2) is 12.3 Å². The Morgan fingerprint density at radius 1 is 1.07 bits per heavy atom. The SMILES string of the molecule is Cc1cccc(NC(=O)C[NH+]2CC[NH+](Cc3cc(-c4ccco4)on3)CC2)c1C. The summed E-state index contributed by atoms with van der Waals surface area (Å²) in [6, 6.07) is 11.7. The van der Waals surface area contributed by atoms with Crippen molar-refractivity contribution in [2.45, 2.75) is 20.4 Å². The van der Waals surface area contributed by atoms with E-state index in [-0.39, 0.29) is 5.91 Å². The fourth-order valence-electron chi connectivity index (χ4n) is 3.80. The molecule has 1 saturated heterocycles. The smallest absolute Gasteiger partial charge is 0.279 e. The van der Waals surface area contributed by atoms with Crippen LogP contribution in [-0.2, 0) is 11.3 Å². The summed E-state index contributed by atoms with van der Waals surface area (Å²) in [6.45, 7) is 9.40. The molecule has 3 heterocycles. The van der Waals surface area contributed by atoms with Gasteiger partial charge in [0.2, 0.25) is 5.76 Å². The molecule has 3 N–H and O–H groups in total. The number of nitrogens with one attached hydrogen (secondary N) is 3. The van der Waals surface area contributed by atoms with E-state index in [9.17, 15) is 4.79 Å². The molecule has 29 heavy (non-hydrogen) atoms. The van der Waals surface area contributed by atoms with Crippen LogP contribution in [0.5, 0.6) is 0 Å². The molecule has 1 aliphatic rings. The molecule has 4 rings (SSSR count). The van der Waals surface area contributed by atoms with Crippen molar-refractivity contribution in [3.05, 3.63) is 59.5 Å². The van der Waals surface area contributed by atoms with E-state index in [1.165, 1.54) is 15.4 Å². The standard InChI is InChI=1S/C22H26N4O3/c1-16-5-3-6-19(17(16)2)23-22(27)15-26-10-8-25(9-11-26)14-18-13-21(29-24-18)20-7-4-12-28-20/h3-7,12-13H,8-11,14-15H2,1-2H3,(H,23,27)/p+2. The van der Waals surface area contributed by atoms with Gasteiger partial charge in [-0.05, 0) is 43.2 Å². The second kappa shape index (κ2) is 8.63. The number of hydrogen-bond donors (Lipinski definition) is 3. The zero-order valence-corrected chi connectivity index (χ0v) is 17.0. The first-order valence-electron chi connectivity index (χ1n) is 10.1. The van der Waals surface area contributed by atoms with Crippen LogP contribution in [0, 0.1) is 13.8 Å². The second-order valence-corrected chi connectivity index (χ2v) is 7.81. The normalized spacial score (nSPS) is 19.2. The quantitative estimate of drug-likeness (QED) is 0.566. The maximum atomic E-state index is 12.5. The highest BCUT2D eigenvalue weighted by Gasteiger charge is 2.26. The summed E-state index contributed by atoms with van der Waals surface area (Å²) in [6.07, 6.45) is 1.63. The van der Waals surface area contributed by atoms with E-state index in [0.717, 1.165) is 49.7 Å². The predicted molar refractivity (Wildman–Crippen MR) is 109 cm³/mol. The van der Waals surface area contributed by atoms with Crippen molar-refractivity contribution in [2.75, 3.05) is 38.0 Å². The molecule has 1 aromatic carbocycles. The molecule has 0 spiro atoms. The van der Waals surface area contributed by atoms with Gasteiger partial charge in [0.05, 0.1) is 6.26 Å². The van der Waals surface area contributed by atoms with Crippen LogP contribution in [0.1, 0.15) is 16.8 Å². The van der Waals surface area contributed by atoms with Crippen molar-refractivity contribution < 1.29 is 23.5 Å². The average Bonchev–Trinajstić information content (AvgIpc) is 3.39. The lowest BCUT2D eigenvalue weighted by atomic mass is 10.1. The second-order valence-electron chi connectivity index (χ2n) is 7.81. The molecule has 0 atom stereocenters. The number of carbonyl (C=O) groups excluding carboxylic acids is 1. The van der Waals surface area contributed by atoms with Crippen molar-refractivity contribution in [2.24, 2.45) is 0 Å². The molecule has 1 aliphatic heterocycles. The number of rotatable bonds is 6. The van der Waals surface area contributed by atoms with Gasteiger partial charge in [-0.15, -0.1) is 0 Å². The summed E-state index contributed by atoms with van der Waals surface area (Å²) in [4.78, 5) is 15.2. The predicted octanol–water partition coefficient (Wildman–Crippen LogP) is 0.474. The molecule has 0 aliphatic carbocycles. The highest BCUT2D eigenvalue weighted by atomic mass is 16.5. The van der Waals surface area contributed by atoms with Gasteiger partial charge >= 0.3 is 0 Å². The Bertz CT molecular complexity index is 956. The number of hydrogen-bond acceptors (Lipinski definition) is 4. The summed E-state index contributed by atoms with van der Waals surface area (Å²) in [5, 5.41) is 7.24. The molecular weight excluding hydrogens is 368 g/mol. The molecule has 0 bridgehead atoms. The van der Waals surface area contributed by atoms with Crippen LogP contribution in [0.15, 0.2) is 51.6 Å². The number of anilines is 1.